The highest BCUT2D eigenvalue weighted by molar-refractivity contribution is 5.73. The van der Waals surface area contributed by atoms with Crippen molar-refractivity contribution >= 4 is 5.91 Å². The standard InChI is InChI=1S/C9H18N2O/c1-2-11-5-3-8(4-6-11)7-9(10)12/h8H,2-7H2,1H3,(H2,10,12). The number of piperidine rings is 1. The minimum atomic E-state index is -0.148. The predicted octanol–water partition coefficient (Wildman–Crippen LogP) is 0.594. The summed E-state index contributed by atoms with van der Waals surface area (Å²) in [5, 5.41) is 0. The smallest absolute Gasteiger partial charge is 0.217 e. The van der Waals surface area contributed by atoms with E-state index in [2.05, 4.69) is 11.8 Å². The number of rotatable bonds is 3. The first-order valence-electron chi connectivity index (χ1n) is 4.73. The number of hydrogen-bond donors (Lipinski definition) is 1. The molecule has 0 aromatic carbocycles. The van der Waals surface area contributed by atoms with Crippen molar-refractivity contribution in [1.82, 2.24) is 4.90 Å². The number of carbonyl (C=O) groups is 1. The van der Waals surface area contributed by atoms with Crippen LogP contribution in [0.3, 0.4) is 0 Å². The van der Waals surface area contributed by atoms with Crippen LogP contribution in [0.25, 0.3) is 0 Å². The number of carbonyl (C=O) groups excluding carboxylic acids is 1. The van der Waals surface area contributed by atoms with Gasteiger partial charge in [0.05, 0.1) is 0 Å². The third-order valence-electron chi connectivity index (χ3n) is 2.64. The van der Waals surface area contributed by atoms with E-state index in [4.69, 9.17) is 5.73 Å². The Morgan fingerprint density at radius 1 is 1.50 bits per heavy atom. The molecule has 0 spiro atoms. The van der Waals surface area contributed by atoms with E-state index in [-0.39, 0.29) is 5.91 Å². The van der Waals surface area contributed by atoms with Gasteiger partial charge in [-0.1, -0.05) is 6.92 Å². The topological polar surface area (TPSA) is 46.3 Å². The summed E-state index contributed by atoms with van der Waals surface area (Å²) >= 11 is 0. The maximum atomic E-state index is 10.6. The summed E-state index contributed by atoms with van der Waals surface area (Å²) in [6.45, 7) is 5.57. The summed E-state index contributed by atoms with van der Waals surface area (Å²) in [4.78, 5) is 13.0. The number of likely N-dealkylation sites (tertiary alicyclic amines) is 1. The van der Waals surface area contributed by atoms with E-state index in [1.165, 1.54) is 0 Å². The lowest BCUT2D eigenvalue weighted by Crippen LogP contribution is -2.34. The summed E-state index contributed by atoms with van der Waals surface area (Å²) in [5.41, 5.74) is 5.14. The van der Waals surface area contributed by atoms with Crippen molar-refractivity contribution < 1.29 is 4.79 Å². The molecule has 3 nitrogen and oxygen atoms in total. The van der Waals surface area contributed by atoms with Crippen molar-refractivity contribution in [3.8, 4) is 0 Å². The van der Waals surface area contributed by atoms with Crippen molar-refractivity contribution in [1.29, 1.82) is 0 Å². The molecule has 1 fully saturated rings. The molecule has 1 aliphatic heterocycles. The highest BCUT2D eigenvalue weighted by Gasteiger charge is 2.19. The van der Waals surface area contributed by atoms with E-state index in [1.807, 2.05) is 0 Å². The Balaban J connectivity index is 2.21. The van der Waals surface area contributed by atoms with Crippen molar-refractivity contribution in [3.05, 3.63) is 0 Å². The average Bonchev–Trinajstić information content (AvgIpc) is 2.05. The van der Waals surface area contributed by atoms with Gasteiger partial charge in [-0.2, -0.15) is 0 Å². The Morgan fingerprint density at radius 3 is 2.50 bits per heavy atom. The molecule has 1 saturated heterocycles. The van der Waals surface area contributed by atoms with Crippen molar-refractivity contribution in [2.45, 2.75) is 26.2 Å². The molecular formula is C9H18N2O. The van der Waals surface area contributed by atoms with Gasteiger partial charge in [-0.05, 0) is 38.4 Å². The van der Waals surface area contributed by atoms with Gasteiger partial charge in [0.1, 0.15) is 0 Å². The van der Waals surface area contributed by atoms with E-state index < -0.39 is 0 Å². The van der Waals surface area contributed by atoms with Crippen LogP contribution in [0.1, 0.15) is 26.2 Å². The van der Waals surface area contributed by atoms with Gasteiger partial charge >= 0.3 is 0 Å². The highest BCUT2D eigenvalue weighted by atomic mass is 16.1. The quantitative estimate of drug-likeness (QED) is 0.674. The first-order valence-corrected chi connectivity index (χ1v) is 4.73. The molecule has 0 aromatic heterocycles. The molecule has 1 amide bonds. The van der Waals surface area contributed by atoms with Gasteiger partial charge < -0.3 is 10.6 Å². The highest BCUT2D eigenvalue weighted by Crippen LogP contribution is 2.19. The molecule has 2 N–H and O–H groups in total. The Bertz CT molecular complexity index is 151. The Labute approximate surface area is 73.9 Å². The summed E-state index contributed by atoms with van der Waals surface area (Å²) in [7, 11) is 0. The second kappa shape index (κ2) is 4.45. The van der Waals surface area contributed by atoms with Crippen LogP contribution in [-0.4, -0.2) is 30.4 Å². The van der Waals surface area contributed by atoms with Gasteiger partial charge in [0.2, 0.25) is 5.91 Å². The minimum absolute atomic E-state index is 0.148. The number of primary amides is 1. The predicted molar refractivity (Wildman–Crippen MR) is 48.6 cm³/mol. The van der Waals surface area contributed by atoms with Crippen LogP contribution < -0.4 is 5.73 Å². The fourth-order valence-corrected chi connectivity index (χ4v) is 1.79. The lowest BCUT2D eigenvalue weighted by Gasteiger charge is -2.30. The number of nitrogens with two attached hydrogens (primary N) is 1. The first kappa shape index (κ1) is 9.52. The van der Waals surface area contributed by atoms with Crippen LogP contribution in [0, 0.1) is 5.92 Å². The summed E-state index contributed by atoms with van der Waals surface area (Å²) in [5.74, 6) is 0.398. The van der Waals surface area contributed by atoms with Crippen LogP contribution in [-0.2, 0) is 4.79 Å². The zero-order valence-electron chi connectivity index (χ0n) is 7.75. The lowest BCUT2D eigenvalue weighted by molar-refractivity contribution is -0.119. The average molecular weight is 170 g/mol. The molecule has 12 heavy (non-hydrogen) atoms. The Hall–Kier alpha value is -0.570. The van der Waals surface area contributed by atoms with Gasteiger partial charge in [-0.15, -0.1) is 0 Å². The summed E-state index contributed by atoms with van der Waals surface area (Å²) in [6, 6.07) is 0. The molecule has 0 aliphatic carbocycles. The monoisotopic (exact) mass is 170 g/mol. The zero-order chi connectivity index (χ0) is 8.97. The molecule has 1 rings (SSSR count). The molecule has 0 atom stereocenters. The molecule has 0 saturated carbocycles. The molecule has 0 radical (unpaired) electrons. The van der Waals surface area contributed by atoms with Crippen LogP contribution in [0.2, 0.25) is 0 Å². The van der Waals surface area contributed by atoms with E-state index in [1.54, 1.807) is 0 Å². The number of nitrogens with zero attached hydrogens (tertiary/aromatic N) is 1. The van der Waals surface area contributed by atoms with Gasteiger partial charge in [0.25, 0.3) is 0 Å². The fourth-order valence-electron chi connectivity index (χ4n) is 1.79. The SMILES string of the molecule is CCN1CCC(CC(N)=O)CC1. The molecular weight excluding hydrogens is 152 g/mol. The van der Waals surface area contributed by atoms with E-state index >= 15 is 0 Å². The molecule has 0 bridgehead atoms. The summed E-state index contributed by atoms with van der Waals surface area (Å²) < 4.78 is 0. The molecule has 0 unspecified atom stereocenters. The van der Waals surface area contributed by atoms with Gasteiger partial charge in [0, 0.05) is 6.42 Å². The first-order chi connectivity index (χ1) is 5.72. The Kier molecular flexibility index (Phi) is 3.53. The van der Waals surface area contributed by atoms with Crippen LogP contribution in [0.5, 0.6) is 0 Å². The maximum absolute atomic E-state index is 10.6. The van der Waals surface area contributed by atoms with Gasteiger partial charge in [-0.25, -0.2) is 0 Å². The van der Waals surface area contributed by atoms with Gasteiger partial charge in [-0.3, -0.25) is 4.79 Å². The molecule has 3 heteroatoms. The molecule has 1 heterocycles. The third-order valence-corrected chi connectivity index (χ3v) is 2.64. The molecule has 0 aromatic rings. The normalized spacial score (nSPS) is 21.1. The zero-order valence-corrected chi connectivity index (χ0v) is 7.75. The second-order valence-corrected chi connectivity index (χ2v) is 3.55. The minimum Gasteiger partial charge on any atom is -0.370 e. The fraction of sp³-hybridized carbons (Fsp3) is 0.889. The third kappa shape index (κ3) is 2.81. The van der Waals surface area contributed by atoms with E-state index in [9.17, 15) is 4.79 Å². The Morgan fingerprint density at radius 2 is 2.08 bits per heavy atom. The van der Waals surface area contributed by atoms with Crippen molar-refractivity contribution in [2.24, 2.45) is 11.7 Å². The van der Waals surface area contributed by atoms with E-state index in [0.717, 1.165) is 32.5 Å². The second-order valence-electron chi connectivity index (χ2n) is 3.55. The molecule has 70 valence electrons. The van der Waals surface area contributed by atoms with Crippen LogP contribution in [0.4, 0.5) is 0 Å². The van der Waals surface area contributed by atoms with Crippen molar-refractivity contribution in [3.63, 3.8) is 0 Å². The number of amides is 1. The van der Waals surface area contributed by atoms with Crippen LogP contribution in [0.15, 0.2) is 0 Å². The summed E-state index contributed by atoms with van der Waals surface area (Å²) in [6.07, 6.45) is 2.85. The largest absolute Gasteiger partial charge is 0.370 e. The van der Waals surface area contributed by atoms with Gasteiger partial charge in [0.15, 0.2) is 0 Å². The maximum Gasteiger partial charge on any atom is 0.217 e. The van der Waals surface area contributed by atoms with E-state index in [0.29, 0.717) is 12.3 Å². The molecule has 1 aliphatic rings. The number of hydrogen-bond acceptors (Lipinski definition) is 2. The lowest BCUT2D eigenvalue weighted by atomic mass is 9.93. The van der Waals surface area contributed by atoms with Crippen molar-refractivity contribution in [2.75, 3.05) is 19.6 Å². The van der Waals surface area contributed by atoms with Crippen LogP contribution >= 0.6 is 0 Å².